The van der Waals surface area contributed by atoms with E-state index in [1.54, 1.807) is 0 Å². The van der Waals surface area contributed by atoms with Crippen molar-refractivity contribution in [1.82, 2.24) is 9.80 Å². The maximum absolute atomic E-state index is 13.8. The molecule has 0 aromatic heterocycles. The van der Waals surface area contributed by atoms with E-state index in [4.69, 9.17) is 5.11 Å². The molecule has 2 amide bonds. The first-order valence-corrected chi connectivity index (χ1v) is 8.13. The molecule has 1 aliphatic rings. The number of carbonyl (C=O) groups excluding carboxylic acids is 2. The molecule has 1 N–H and O–H groups in total. The van der Waals surface area contributed by atoms with Crippen LogP contribution in [0, 0.1) is 17.5 Å². The van der Waals surface area contributed by atoms with Gasteiger partial charge in [0.2, 0.25) is 5.91 Å². The highest BCUT2D eigenvalue weighted by molar-refractivity contribution is 5.94. The van der Waals surface area contributed by atoms with Gasteiger partial charge in [-0.3, -0.25) is 14.4 Å². The minimum atomic E-state index is -1.37. The SMILES string of the molecule is CC(=O)N(CC(=O)O)C1CCCN(C(=O)c2cc(F)c(F)cc2F)CC1. The van der Waals surface area contributed by atoms with Gasteiger partial charge >= 0.3 is 5.97 Å². The second-order valence-electron chi connectivity index (χ2n) is 6.16. The summed E-state index contributed by atoms with van der Waals surface area (Å²) in [5, 5.41) is 8.94. The van der Waals surface area contributed by atoms with Gasteiger partial charge in [0.25, 0.3) is 5.91 Å². The first-order chi connectivity index (χ1) is 12.2. The van der Waals surface area contributed by atoms with E-state index >= 15 is 0 Å². The highest BCUT2D eigenvalue weighted by Gasteiger charge is 2.29. The number of rotatable bonds is 4. The number of benzene rings is 1. The molecule has 2 rings (SSSR count). The van der Waals surface area contributed by atoms with Gasteiger partial charge in [-0.25, -0.2) is 13.2 Å². The van der Waals surface area contributed by atoms with E-state index in [0.717, 1.165) is 0 Å². The molecule has 1 atom stereocenters. The topological polar surface area (TPSA) is 77.9 Å². The van der Waals surface area contributed by atoms with E-state index in [9.17, 15) is 27.6 Å². The monoisotopic (exact) mass is 372 g/mol. The standard InChI is InChI=1S/C17H19F3N2O4/c1-10(23)22(9-16(24)25)11-3-2-5-21(6-4-11)17(26)12-7-14(19)15(20)8-13(12)18/h7-8,11H,2-6,9H2,1H3,(H,24,25). The first-order valence-electron chi connectivity index (χ1n) is 8.13. The Bertz CT molecular complexity index is 726. The van der Waals surface area contributed by atoms with Gasteiger partial charge in [-0.1, -0.05) is 0 Å². The lowest BCUT2D eigenvalue weighted by molar-refractivity contribution is -0.145. The van der Waals surface area contributed by atoms with Crippen LogP contribution < -0.4 is 0 Å². The average Bonchev–Trinajstić information content (AvgIpc) is 2.81. The van der Waals surface area contributed by atoms with E-state index in [1.807, 2.05) is 0 Å². The van der Waals surface area contributed by atoms with E-state index in [1.165, 1.54) is 16.7 Å². The van der Waals surface area contributed by atoms with Crippen LogP contribution in [0.15, 0.2) is 12.1 Å². The summed E-state index contributed by atoms with van der Waals surface area (Å²) in [6.07, 6.45) is 1.26. The Morgan fingerprint density at radius 2 is 1.77 bits per heavy atom. The normalized spacial score (nSPS) is 17.5. The van der Waals surface area contributed by atoms with Crippen LogP contribution in [-0.2, 0) is 9.59 Å². The lowest BCUT2D eigenvalue weighted by atomic mass is 10.1. The van der Waals surface area contributed by atoms with Gasteiger partial charge in [-0.05, 0) is 25.3 Å². The van der Waals surface area contributed by atoms with Crippen LogP contribution in [-0.4, -0.2) is 58.4 Å². The van der Waals surface area contributed by atoms with Crippen LogP contribution >= 0.6 is 0 Å². The number of likely N-dealkylation sites (tertiary alicyclic amines) is 1. The van der Waals surface area contributed by atoms with Crippen molar-refractivity contribution in [2.45, 2.75) is 32.2 Å². The van der Waals surface area contributed by atoms with Gasteiger partial charge < -0.3 is 14.9 Å². The molecule has 0 radical (unpaired) electrons. The minimum Gasteiger partial charge on any atom is -0.480 e. The van der Waals surface area contributed by atoms with E-state index in [2.05, 4.69) is 0 Å². The van der Waals surface area contributed by atoms with Gasteiger partial charge in [0.1, 0.15) is 12.4 Å². The zero-order chi connectivity index (χ0) is 19.4. The Labute approximate surface area is 148 Å². The third-order valence-electron chi connectivity index (χ3n) is 4.38. The molecule has 142 valence electrons. The lowest BCUT2D eigenvalue weighted by Gasteiger charge is -2.28. The fourth-order valence-corrected chi connectivity index (χ4v) is 3.09. The van der Waals surface area contributed by atoms with Crippen molar-refractivity contribution in [3.8, 4) is 0 Å². The van der Waals surface area contributed by atoms with Gasteiger partial charge in [0.05, 0.1) is 5.56 Å². The molecule has 0 bridgehead atoms. The average molecular weight is 372 g/mol. The van der Waals surface area contributed by atoms with Crippen molar-refractivity contribution in [2.24, 2.45) is 0 Å². The van der Waals surface area contributed by atoms with Gasteiger partial charge in [0.15, 0.2) is 11.6 Å². The van der Waals surface area contributed by atoms with Crippen LogP contribution in [0.4, 0.5) is 13.2 Å². The highest BCUT2D eigenvalue weighted by Crippen LogP contribution is 2.21. The second-order valence-corrected chi connectivity index (χ2v) is 6.16. The molecule has 1 aliphatic heterocycles. The third kappa shape index (κ3) is 4.53. The van der Waals surface area contributed by atoms with Crippen molar-refractivity contribution >= 4 is 17.8 Å². The third-order valence-corrected chi connectivity index (χ3v) is 4.38. The Balaban J connectivity index is 2.12. The number of carboxylic acids is 1. The molecule has 1 unspecified atom stereocenters. The number of carbonyl (C=O) groups is 3. The summed E-state index contributed by atoms with van der Waals surface area (Å²) in [7, 11) is 0. The van der Waals surface area contributed by atoms with E-state index < -0.39 is 41.4 Å². The molecule has 1 fully saturated rings. The van der Waals surface area contributed by atoms with Gasteiger partial charge in [-0.2, -0.15) is 0 Å². The van der Waals surface area contributed by atoms with Crippen LogP contribution in [0.3, 0.4) is 0 Å². The first kappa shape index (κ1) is 19.7. The fraction of sp³-hybridized carbons (Fsp3) is 0.471. The van der Waals surface area contributed by atoms with Crippen LogP contribution in [0.5, 0.6) is 0 Å². The second kappa shape index (κ2) is 8.20. The predicted octanol–water partition coefficient (Wildman–Crippen LogP) is 2.03. The Kier molecular flexibility index (Phi) is 6.23. The van der Waals surface area contributed by atoms with Crippen LogP contribution in [0.25, 0.3) is 0 Å². The Morgan fingerprint density at radius 3 is 2.38 bits per heavy atom. The van der Waals surface area contributed by atoms with Crippen molar-refractivity contribution in [1.29, 1.82) is 0 Å². The zero-order valence-electron chi connectivity index (χ0n) is 14.2. The number of aliphatic carboxylic acids is 1. The quantitative estimate of drug-likeness (QED) is 0.821. The number of amides is 2. The Morgan fingerprint density at radius 1 is 1.12 bits per heavy atom. The smallest absolute Gasteiger partial charge is 0.323 e. The molecule has 9 heteroatoms. The molecule has 26 heavy (non-hydrogen) atoms. The molecule has 1 heterocycles. The number of nitrogens with zero attached hydrogens (tertiary/aromatic N) is 2. The summed E-state index contributed by atoms with van der Waals surface area (Å²) in [5.74, 6) is -6.13. The van der Waals surface area contributed by atoms with Crippen molar-refractivity contribution in [2.75, 3.05) is 19.6 Å². The summed E-state index contributed by atoms with van der Waals surface area (Å²) in [4.78, 5) is 37.6. The molecule has 0 aliphatic carbocycles. The summed E-state index contributed by atoms with van der Waals surface area (Å²) in [6, 6.07) is 0.492. The largest absolute Gasteiger partial charge is 0.480 e. The molecule has 1 saturated heterocycles. The fourth-order valence-electron chi connectivity index (χ4n) is 3.09. The van der Waals surface area contributed by atoms with Gasteiger partial charge in [-0.15, -0.1) is 0 Å². The van der Waals surface area contributed by atoms with E-state index in [-0.39, 0.29) is 25.0 Å². The summed E-state index contributed by atoms with van der Waals surface area (Å²) in [5.41, 5.74) is -0.559. The molecule has 0 saturated carbocycles. The van der Waals surface area contributed by atoms with Crippen molar-refractivity contribution in [3.63, 3.8) is 0 Å². The number of hydrogen-bond donors (Lipinski definition) is 1. The van der Waals surface area contributed by atoms with Gasteiger partial charge in [0, 0.05) is 32.1 Å². The summed E-state index contributed by atoms with van der Waals surface area (Å²) in [6.45, 7) is 1.22. The number of halogens is 3. The lowest BCUT2D eigenvalue weighted by Crippen LogP contribution is -2.43. The highest BCUT2D eigenvalue weighted by atomic mass is 19.2. The summed E-state index contributed by atoms with van der Waals surface area (Å²) < 4.78 is 40.2. The van der Waals surface area contributed by atoms with Crippen molar-refractivity contribution in [3.05, 3.63) is 35.1 Å². The van der Waals surface area contributed by atoms with E-state index in [0.29, 0.717) is 31.4 Å². The maximum atomic E-state index is 13.8. The molecular weight excluding hydrogens is 353 g/mol. The molecule has 1 aromatic carbocycles. The number of carboxylic acid groups (broad SMARTS) is 1. The number of hydrogen-bond acceptors (Lipinski definition) is 3. The molecule has 6 nitrogen and oxygen atoms in total. The Hall–Kier alpha value is -2.58. The minimum absolute atomic E-state index is 0.144. The summed E-state index contributed by atoms with van der Waals surface area (Å²) >= 11 is 0. The van der Waals surface area contributed by atoms with Crippen LogP contribution in [0.2, 0.25) is 0 Å². The molecule has 1 aromatic rings. The zero-order valence-corrected chi connectivity index (χ0v) is 14.2. The van der Waals surface area contributed by atoms with Crippen LogP contribution in [0.1, 0.15) is 36.5 Å². The predicted molar refractivity (Wildman–Crippen MR) is 84.9 cm³/mol. The van der Waals surface area contributed by atoms with Crippen molar-refractivity contribution < 1.29 is 32.7 Å². The molecular formula is C17H19F3N2O4. The molecule has 0 spiro atoms. The maximum Gasteiger partial charge on any atom is 0.323 e.